The quantitative estimate of drug-likeness (QED) is 0.514. The first-order chi connectivity index (χ1) is 14.4. The maximum atomic E-state index is 12.9. The zero-order valence-electron chi connectivity index (χ0n) is 17.5. The number of hydrogen-bond acceptors (Lipinski definition) is 3. The number of benzene rings is 2. The van der Waals surface area contributed by atoms with E-state index in [0.717, 1.165) is 0 Å². The van der Waals surface area contributed by atoms with Crippen molar-refractivity contribution in [2.45, 2.75) is 38.2 Å². The fraction of sp³-hybridized carbons (Fsp3) is 0.280. The zero-order chi connectivity index (χ0) is 21.6. The summed E-state index contributed by atoms with van der Waals surface area (Å²) in [6.45, 7) is 6.20. The van der Waals surface area contributed by atoms with Crippen LogP contribution in [-0.2, 0) is 4.79 Å². The van der Waals surface area contributed by atoms with E-state index in [4.69, 9.17) is 16.3 Å². The maximum absolute atomic E-state index is 12.9. The second-order valence-corrected chi connectivity index (χ2v) is 8.30. The van der Waals surface area contributed by atoms with Crippen LogP contribution in [0, 0.1) is 0 Å². The van der Waals surface area contributed by atoms with Gasteiger partial charge in [-0.1, -0.05) is 61.0 Å². The number of ether oxygens (including phenoxy) is 1. The van der Waals surface area contributed by atoms with E-state index in [-0.39, 0.29) is 17.7 Å². The molecule has 4 nitrogen and oxygen atoms in total. The highest BCUT2D eigenvalue weighted by atomic mass is 35.5. The Kier molecular flexibility index (Phi) is 7.11. The number of carbonyl (C=O) groups excluding carboxylic acids is 1. The van der Waals surface area contributed by atoms with Gasteiger partial charge in [0.1, 0.15) is 5.75 Å². The molecule has 1 aromatic heterocycles. The van der Waals surface area contributed by atoms with Gasteiger partial charge in [-0.05, 0) is 55.2 Å². The molecule has 156 valence electrons. The van der Waals surface area contributed by atoms with Gasteiger partial charge in [-0.3, -0.25) is 9.78 Å². The highest BCUT2D eigenvalue weighted by molar-refractivity contribution is 6.30. The van der Waals surface area contributed by atoms with Gasteiger partial charge in [0.05, 0.1) is 0 Å². The Labute approximate surface area is 183 Å². The van der Waals surface area contributed by atoms with E-state index in [2.05, 4.69) is 29.4 Å². The number of nitrogens with zero attached hydrogens (tertiary/aromatic N) is 1. The van der Waals surface area contributed by atoms with E-state index < -0.39 is 5.60 Å². The average Bonchev–Trinajstić information content (AvgIpc) is 2.75. The van der Waals surface area contributed by atoms with Crippen LogP contribution in [0.25, 0.3) is 0 Å². The molecule has 0 saturated heterocycles. The Morgan fingerprint density at radius 2 is 1.63 bits per heavy atom. The summed E-state index contributed by atoms with van der Waals surface area (Å²) in [5.41, 5.74) is 1.34. The number of halogens is 1. The number of nitrogens with one attached hydrogen (secondary N) is 1. The molecule has 0 aliphatic carbocycles. The molecule has 0 aliphatic rings. The van der Waals surface area contributed by atoms with Crippen molar-refractivity contribution in [3.05, 3.63) is 95.3 Å². The number of carbonyl (C=O) groups is 1. The minimum absolute atomic E-state index is 0.105. The van der Waals surface area contributed by atoms with Crippen molar-refractivity contribution in [1.29, 1.82) is 0 Å². The molecule has 5 heteroatoms. The molecule has 1 heterocycles. The van der Waals surface area contributed by atoms with Gasteiger partial charge in [0.2, 0.25) is 0 Å². The van der Waals surface area contributed by atoms with E-state index in [9.17, 15) is 4.79 Å². The number of amides is 1. The first kappa shape index (κ1) is 21.8. The van der Waals surface area contributed by atoms with Crippen LogP contribution >= 0.6 is 11.6 Å². The monoisotopic (exact) mass is 422 g/mol. The van der Waals surface area contributed by atoms with Gasteiger partial charge in [0, 0.05) is 29.9 Å². The van der Waals surface area contributed by atoms with E-state index in [1.165, 1.54) is 11.1 Å². The van der Waals surface area contributed by atoms with E-state index in [0.29, 0.717) is 17.3 Å². The Balaban J connectivity index is 1.74. The molecule has 3 aromatic rings. The van der Waals surface area contributed by atoms with Crippen LogP contribution < -0.4 is 10.1 Å². The molecular formula is C25H27ClN2O2. The van der Waals surface area contributed by atoms with Crippen molar-refractivity contribution in [2.24, 2.45) is 0 Å². The second kappa shape index (κ2) is 9.77. The fourth-order valence-corrected chi connectivity index (χ4v) is 3.57. The molecular weight excluding hydrogens is 396 g/mol. The molecule has 0 radical (unpaired) electrons. The van der Waals surface area contributed by atoms with Crippen molar-refractivity contribution in [1.82, 2.24) is 10.3 Å². The topological polar surface area (TPSA) is 51.2 Å². The fourth-order valence-electron chi connectivity index (χ4n) is 3.44. The number of aromatic nitrogens is 1. The highest BCUT2D eigenvalue weighted by Gasteiger charge is 2.31. The standard InChI is InChI=1S/C25H27ClN2O2/c1-18(19-9-11-21(26)12-10-19)23(20-7-5-4-6-8-20)17-28-24(29)25(2,3)30-22-13-15-27-16-14-22/h4-16,18,23H,17H2,1-3H3,(H,28,29). The molecule has 1 amide bonds. The SMILES string of the molecule is CC(c1ccc(Cl)cc1)C(CNC(=O)C(C)(C)Oc1ccncc1)c1ccccc1. The molecule has 0 fully saturated rings. The Bertz CT molecular complexity index is 944. The van der Waals surface area contributed by atoms with Crippen LogP contribution in [0.4, 0.5) is 0 Å². The molecule has 2 aromatic carbocycles. The molecule has 0 saturated carbocycles. The van der Waals surface area contributed by atoms with Gasteiger partial charge < -0.3 is 10.1 Å². The number of rotatable bonds is 8. The molecule has 1 N–H and O–H groups in total. The highest BCUT2D eigenvalue weighted by Crippen LogP contribution is 2.33. The van der Waals surface area contributed by atoms with Gasteiger partial charge in [0.25, 0.3) is 5.91 Å². The lowest BCUT2D eigenvalue weighted by molar-refractivity contribution is -0.134. The summed E-state index contributed by atoms with van der Waals surface area (Å²) in [7, 11) is 0. The molecule has 2 atom stereocenters. The Hall–Kier alpha value is -2.85. The van der Waals surface area contributed by atoms with Crippen molar-refractivity contribution in [3.63, 3.8) is 0 Å². The molecule has 0 bridgehead atoms. The summed E-state index contributed by atoms with van der Waals surface area (Å²) in [5, 5.41) is 3.81. The Morgan fingerprint density at radius 3 is 2.27 bits per heavy atom. The van der Waals surface area contributed by atoms with Crippen LogP contribution in [0.5, 0.6) is 5.75 Å². The minimum Gasteiger partial charge on any atom is -0.478 e. The smallest absolute Gasteiger partial charge is 0.263 e. The summed E-state index contributed by atoms with van der Waals surface area (Å²) in [5.74, 6) is 0.741. The van der Waals surface area contributed by atoms with E-state index in [1.807, 2.05) is 42.5 Å². The van der Waals surface area contributed by atoms with Crippen LogP contribution in [-0.4, -0.2) is 23.0 Å². The first-order valence-corrected chi connectivity index (χ1v) is 10.4. The second-order valence-electron chi connectivity index (χ2n) is 7.86. The maximum Gasteiger partial charge on any atom is 0.263 e. The van der Waals surface area contributed by atoms with Crippen LogP contribution in [0.15, 0.2) is 79.1 Å². The zero-order valence-corrected chi connectivity index (χ0v) is 18.3. The van der Waals surface area contributed by atoms with Crippen LogP contribution in [0.1, 0.15) is 43.7 Å². The lowest BCUT2D eigenvalue weighted by atomic mass is 9.82. The van der Waals surface area contributed by atoms with Crippen molar-refractivity contribution >= 4 is 17.5 Å². The lowest BCUT2D eigenvalue weighted by Gasteiger charge is -2.29. The summed E-state index contributed by atoms with van der Waals surface area (Å²) >= 11 is 6.06. The summed E-state index contributed by atoms with van der Waals surface area (Å²) < 4.78 is 5.89. The summed E-state index contributed by atoms with van der Waals surface area (Å²) in [6, 6.07) is 21.6. The van der Waals surface area contributed by atoms with Gasteiger partial charge in [-0.2, -0.15) is 0 Å². The summed E-state index contributed by atoms with van der Waals surface area (Å²) in [6.07, 6.45) is 3.28. The third-order valence-electron chi connectivity index (χ3n) is 5.28. The number of pyridine rings is 1. The molecule has 2 unspecified atom stereocenters. The number of hydrogen-bond donors (Lipinski definition) is 1. The van der Waals surface area contributed by atoms with Crippen LogP contribution in [0.3, 0.4) is 0 Å². The van der Waals surface area contributed by atoms with Gasteiger partial charge in [0.15, 0.2) is 5.60 Å². The summed E-state index contributed by atoms with van der Waals surface area (Å²) in [4.78, 5) is 16.9. The third-order valence-corrected chi connectivity index (χ3v) is 5.53. The molecule has 30 heavy (non-hydrogen) atoms. The van der Waals surface area contributed by atoms with Crippen molar-refractivity contribution in [2.75, 3.05) is 6.54 Å². The van der Waals surface area contributed by atoms with Gasteiger partial charge >= 0.3 is 0 Å². The minimum atomic E-state index is -1.01. The molecule has 3 rings (SSSR count). The first-order valence-electron chi connectivity index (χ1n) is 10.0. The predicted octanol–water partition coefficient (Wildman–Crippen LogP) is 5.60. The predicted molar refractivity (Wildman–Crippen MR) is 121 cm³/mol. The largest absolute Gasteiger partial charge is 0.478 e. The molecule has 0 aliphatic heterocycles. The van der Waals surface area contributed by atoms with Gasteiger partial charge in [-0.15, -0.1) is 0 Å². The van der Waals surface area contributed by atoms with Gasteiger partial charge in [-0.25, -0.2) is 0 Å². The Morgan fingerprint density at radius 1 is 1.00 bits per heavy atom. The lowest BCUT2D eigenvalue weighted by Crippen LogP contribution is -2.47. The average molecular weight is 423 g/mol. The normalized spacial score (nSPS) is 13.3. The third kappa shape index (κ3) is 5.61. The van der Waals surface area contributed by atoms with E-state index in [1.54, 1.807) is 38.4 Å². The van der Waals surface area contributed by atoms with E-state index >= 15 is 0 Å². The van der Waals surface area contributed by atoms with Crippen molar-refractivity contribution in [3.8, 4) is 5.75 Å². The molecule has 0 spiro atoms. The van der Waals surface area contributed by atoms with Crippen molar-refractivity contribution < 1.29 is 9.53 Å². The van der Waals surface area contributed by atoms with Crippen LogP contribution in [0.2, 0.25) is 5.02 Å².